The minimum absolute atomic E-state index is 0.0402. The van der Waals surface area contributed by atoms with E-state index in [1.165, 1.54) is 17.8 Å². The molecule has 1 N–H and O–H groups in total. The summed E-state index contributed by atoms with van der Waals surface area (Å²) in [5.41, 5.74) is 2.85. The first-order valence-electron chi connectivity index (χ1n) is 10.5. The Hall–Kier alpha value is -3.13. The zero-order valence-corrected chi connectivity index (χ0v) is 19.1. The summed E-state index contributed by atoms with van der Waals surface area (Å²) in [5, 5.41) is 8.38. The minimum atomic E-state index is -0.427. The van der Waals surface area contributed by atoms with Crippen molar-refractivity contribution in [3.05, 3.63) is 76.7 Å². The van der Waals surface area contributed by atoms with Crippen LogP contribution < -0.4 is 10.1 Å². The van der Waals surface area contributed by atoms with E-state index < -0.39 is 6.04 Å². The summed E-state index contributed by atoms with van der Waals surface area (Å²) in [7, 11) is 0. The first-order valence-corrected chi connectivity index (χ1v) is 11.5. The molecule has 2 aromatic carbocycles. The van der Waals surface area contributed by atoms with Gasteiger partial charge in [-0.15, -0.1) is 5.10 Å². The predicted molar refractivity (Wildman–Crippen MR) is 123 cm³/mol. The average molecular weight is 453 g/mol. The molecule has 1 atom stereocenters. The molecule has 0 spiro atoms. The highest BCUT2D eigenvalue weighted by Gasteiger charge is 2.33. The van der Waals surface area contributed by atoms with E-state index in [0.717, 1.165) is 23.4 Å². The SMILES string of the molecule is CCCOc1cccc(C2C(C(C)=O)=C(C)Nc3nc(SCc4ccccc4F)nn32)c1. The number of halogens is 1. The molecule has 2 heterocycles. The normalized spacial score (nSPS) is 15.3. The van der Waals surface area contributed by atoms with Crippen LogP contribution in [0.2, 0.25) is 0 Å². The molecule has 0 saturated heterocycles. The van der Waals surface area contributed by atoms with Gasteiger partial charge in [-0.1, -0.05) is 49.0 Å². The summed E-state index contributed by atoms with van der Waals surface area (Å²) in [6.45, 7) is 6.10. The van der Waals surface area contributed by atoms with E-state index in [2.05, 4.69) is 22.3 Å². The third-order valence-corrected chi connectivity index (χ3v) is 6.06. The molecule has 1 aliphatic rings. The van der Waals surface area contributed by atoms with Gasteiger partial charge in [0.25, 0.3) is 0 Å². The smallest absolute Gasteiger partial charge is 0.227 e. The number of hydrogen-bond donors (Lipinski definition) is 1. The highest BCUT2D eigenvalue weighted by Crippen LogP contribution is 2.37. The maximum absolute atomic E-state index is 14.0. The van der Waals surface area contributed by atoms with E-state index in [1.54, 1.807) is 23.7 Å². The number of benzene rings is 2. The maximum atomic E-state index is 14.0. The number of rotatable bonds is 8. The third kappa shape index (κ3) is 4.55. The van der Waals surface area contributed by atoms with Gasteiger partial charge in [0.2, 0.25) is 11.1 Å². The number of ketones is 1. The van der Waals surface area contributed by atoms with Gasteiger partial charge in [0.05, 0.1) is 6.61 Å². The Morgan fingerprint density at radius 1 is 1.25 bits per heavy atom. The number of nitrogens with zero attached hydrogens (tertiary/aromatic N) is 3. The lowest BCUT2D eigenvalue weighted by Crippen LogP contribution is -2.27. The first kappa shape index (κ1) is 22.1. The number of hydrogen-bond acceptors (Lipinski definition) is 6. The van der Waals surface area contributed by atoms with Gasteiger partial charge in [-0.2, -0.15) is 4.98 Å². The molecule has 0 saturated carbocycles. The second kappa shape index (κ2) is 9.56. The van der Waals surface area contributed by atoms with Crippen molar-refractivity contribution >= 4 is 23.5 Å². The van der Waals surface area contributed by atoms with Crippen LogP contribution in [0, 0.1) is 5.82 Å². The standard InChI is InChI=1S/C24H25FN4O2S/c1-4-12-31-19-10-7-9-17(13-19)22-21(16(3)30)15(2)26-23-27-24(28-29(22)23)32-14-18-8-5-6-11-20(18)25/h5-11,13,22H,4,12,14H2,1-3H3,(H,26,27,28). The molecule has 0 amide bonds. The van der Waals surface area contributed by atoms with Crippen LogP contribution in [0.3, 0.4) is 0 Å². The molecule has 8 heteroatoms. The van der Waals surface area contributed by atoms with Crippen LogP contribution in [0.15, 0.2) is 65.0 Å². The zero-order valence-electron chi connectivity index (χ0n) is 18.3. The molecule has 3 aromatic rings. The molecule has 1 unspecified atom stereocenters. The Morgan fingerprint density at radius 3 is 2.81 bits per heavy atom. The second-order valence-electron chi connectivity index (χ2n) is 7.59. The molecule has 0 radical (unpaired) electrons. The van der Waals surface area contributed by atoms with Crippen LogP contribution in [-0.2, 0) is 10.5 Å². The molecule has 0 fully saturated rings. The molecular formula is C24H25FN4O2S. The largest absolute Gasteiger partial charge is 0.494 e. The summed E-state index contributed by atoms with van der Waals surface area (Å²) in [6, 6.07) is 14.0. The number of anilines is 1. The third-order valence-electron chi connectivity index (χ3n) is 5.17. The lowest BCUT2D eigenvalue weighted by Gasteiger charge is -2.28. The number of Topliss-reactive ketones (excluding diaryl/α,β-unsaturated/α-hetero) is 1. The lowest BCUT2D eigenvalue weighted by atomic mass is 9.93. The summed E-state index contributed by atoms with van der Waals surface area (Å²) in [5.74, 6) is 1.42. The Balaban J connectivity index is 1.68. The van der Waals surface area contributed by atoms with Crippen LogP contribution >= 0.6 is 11.8 Å². The highest BCUT2D eigenvalue weighted by atomic mass is 32.2. The van der Waals surface area contributed by atoms with Crippen molar-refractivity contribution in [2.45, 2.75) is 44.1 Å². The number of aromatic nitrogens is 3. The number of ether oxygens (including phenoxy) is 1. The van der Waals surface area contributed by atoms with Gasteiger partial charge in [0.1, 0.15) is 17.6 Å². The zero-order chi connectivity index (χ0) is 22.7. The summed E-state index contributed by atoms with van der Waals surface area (Å²) >= 11 is 1.35. The fourth-order valence-electron chi connectivity index (χ4n) is 3.71. The molecule has 0 bridgehead atoms. The van der Waals surface area contributed by atoms with E-state index in [0.29, 0.717) is 34.6 Å². The Kier molecular flexibility index (Phi) is 6.60. The molecule has 166 valence electrons. The fraction of sp³-hybridized carbons (Fsp3) is 0.292. The predicted octanol–water partition coefficient (Wildman–Crippen LogP) is 5.38. The van der Waals surface area contributed by atoms with Crippen LogP contribution in [0.5, 0.6) is 5.75 Å². The Bertz CT molecular complexity index is 1170. The number of carbonyl (C=O) groups is 1. The lowest BCUT2D eigenvalue weighted by molar-refractivity contribution is -0.114. The number of nitrogens with one attached hydrogen (secondary N) is 1. The van der Waals surface area contributed by atoms with Gasteiger partial charge in [-0.3, -0.25) is 4.79 Å². The maximum Gasteiger partial charge on any atom is 0.227 e. The molecule has 1 aliphatic heterocycles. The topological polar surface area (TPSA) is 69.0 Å². The number of carbonyl (C=O) groups excluding carboxylic acids is 1. The van der Waals surface area contributed by atoms with Crippen molar-refractivity contribution in [1.82, 2.24) is 14.8 Å². The van der Waals surface area contributed by atoms with Crippen LogP contribution in [0.25, 0.3) is 0 Å². The van der Waals surface area contributed by atoms with Gasteiger partial charge < -0.3 is 10.1 Å². The van der Waals surface area contributed by atoms with Gasteiger partial charge in [-0.05, 0) is 49.6 Å². The van der Waals surface area contributed by atoms with Crippen molar-refractivity contribution < 1.29 is 13.9 Å². The number of allylic oxidation sites excluding steroid dienone is 2. The van der Waals surface area contributed by atoms with Crippen molar-refractivity contribution in [3.63, 3.8) is 0 Å². The van der Waals surface area contributed by atoms with Crippen LogP contribution in [-0.4, -0.2) is 27.2 Å². The van der Waals surface area contributed by atoms with Gasteiger partial charge in [0, 0.05) is 17.0 Å². The molecule has 6 nitrogen and oxygen atoms in total. The quantitative estimate of drug-likeness (QED) is 0.463. The van der Waals surface area contributed by atoms with Crippen molar-refractivity contribution in [2.24, 2.45) is 0 Å². The number of thioether (sulfide) groups is 1. The summed E-state index contributed by atoms with van der Waals surface area (Å²) < 4.78 is 21.5. The second-order valence-corrected chi connectivity index (χ2v) is 8.53. The van der Waals surface area contributed by atoms with Crippen molar-refractivity contribution in [2.75, 3.05) is 11.9 Å². The molecule has 0 aliphatic carbocycles. The molecule has 4 rings (SSSR count). The molecule has 32 heavy (non-hydrogen) atoms. The minimum Gasteiger partial charge on any atom is -0.494 e. The van der Waals surface area contributed by atoms with E-state index in [1.807, 2.05) is 37.3 Å². The van der Waals surface area contributed by atoms with E-state index in [-0.39, 0.29) is 11.6 Å². The van der Waals surface area contributed by atoms with Gasteiger partial charge >= 0.3 is 0 Å². The monoisotopic (exact) mass is 452 g/mol. The van der Waals surface area contributed by atoms with Gasteiger partial charge in [-0.25, -0.2) is 9.07 Å². The van der Waals surface area contributed by atoms with Crippen molar-refractivity contribution in [1.29, 1.82) is 0 Å². The molecular weight excluding hydrogens is 427 g/mol. The van der Waals surface area contributed by atoms with Crippen molar-refractivity contribution in [3.8, 4) is 5.75 Å². The summed E-state index contributed by atoms with van der Waals surface area (Å²) in [4.78, 5) is 17.2. The van der Waals surface area contributed by atoms with E-state index in [9.17, 15) is 9.18 Å². The van der Waals surface area contributed by atoms with Gasteiger partial charge in [0.15, 0.2) is 5.78 Å². The summed E-state index contributed by atoms with van der Waals surface area (Å²) in [6.07, 6.45) is 0.908. The Labute approximate surface area is 190 Å². The molecule has 1 aromatic heterocycles. The number of fused-ring (bicyclic) bond motifs is 1. The highest BCUT2D eigenvalue weighted by molar-refractivity contribution is 7.98. The average Bonchev–Trinajstić information content (AvgIpc) is 3.18. The van der Waals surface area contributed by atoms with E-state index >= 15 is 0 Å². The first-order chi connectivity index (χ1) is 15.5. The Morgan fingerprint density at radius 2 is 2.06 bits per heavy atom. The van der Waals surface area contributed by atoms with E-state index in [4.69, 9.17) is 4.74 Å². The van der Waals surface area contributed by atoms with Crippen LogP contribution in [0.1, 0.15) is 44.4 Å². The van der Waals surface area contributed by atoms with Crippen LogP contribution in [0.4, 0.5) is 10.3 Å². The fourth-order valence-corrected chi connectivity index (χ4v) is 4.52.